The summed E-state index contributed by atoms with van der Waals surface area (Å²) in [6.45, 7) is 6.48. The lowest BCUT2D eigenvalue weighted by Crippen LogP contribution is -2.43. The minimum absolute atomic E-state index is 0.0198. The van der Waals surface area contributed by atoms with Gasteiger partial charge in [0.25, 0.3) is 0 Å². The number of rotatable bonds is 6. The average Bonchev–Trinajstić information content (AvgIpc) is 2.32. The Morgan fingerprint density at radius 1 is 1.38 bits per heavy atom. The maximum atomic E-state index is 11.5. The van der Waals surface area contributed by atoms with E-state index in [1.54, 1.807) is 18.9 Å². The predicted molar refractivity (Wildman–Crippen MR) is 62.0 cm³/mol. The molecule has 0 aliphatic heterocycles. The van der Waals surface area contributed by atoms with Crippen LogP contribution in [0.4, 0.5) is 0 Å². The van der Waals surface area contributed by atoms with Gasteiger partial charge in [-0.1, -0.05) is 6.92 Å². The maximum Gasteiger partial charge on any atom is 0.309 e. The van der Waals surface area contributed by atoms with Crippen molar-refractivity contribution in [2.45, 2.75) is 26.8 Å². The molecule has 0 aliphatic rings. The first-order valence-corrected chi connectivity index (χ1v) is 5.49. The number of likely N-dealkylation sites (N-methyl/N-ethyl adjacent to an activating group) is 1. The highest BCUT2D eigenvalue weighted by Gasteiger charge is 2.21. The highest BCUT2D eigenvalue weighted by atomic mass is 16.5. The third kappa shape index (κ3) is 4.61. The number of hydrogen-bond acceptors (Lipinski definition) is 4. The Kier molecular flexibility index (Phi) is 6.72. The Balaban J connectivity index is 4.02. The largest absolute Gasteiger partial charge is 0.469 e. The van der Waals surface area contributed by atoms with Gasteiger partial charge in [0.05, 0.1) is 19.6 Å². The predicted octanol–water partition coefficient (Wildman–Crippen LogP) is 0.252. The van der Waals surface area contributed by atoms with E-state index in [0.29, 0.717) is 6.54 Å². The molecule has 2 unspecified atom stereocenters. The van der Waals surface area contributed by atoms with Crippen molar-refractivity contribution >= 4 is 11.9 Å². The van der Waals surface area contributed by atoms with Crippen LogP contribution in [0.5, 0.6) is 0 Å². The Hall–Kier alpha value is -1.10. The fourth-order valence-electron chi connectivity index (χ4n) is 1.13. The molecule has 0 heterocycles. The average molecular weight is 230 g/mol. The van der Waals surface area contributed by atoms with E-state index in [9.17, 15) is 9.59 Å². The highest BCUT2D eigenvalue weighted by Crippen LogP contribution is 2.04. The van der Waals surface area contributed by atoms with E-state index in [1.165, 1.54) is 7.11 Å². The topological polar surface area (TPSA) is 58.6 Å². The van der Waals surface area contributed by atoms with Crippen molar-refractivity contribution in [1.29, 1.82) is 0 Å². The van der Waals surface area contributed by atoms with Crippen molar-refractivity contribution in [2.75, 3.05) is 27.2 Å². The number of nitrogens with one attached hydrogen (secondary N) is 1. The quantitative estimate of drug-likeness (QED) is 0.665. The Morgan fingerprint density at radius 3 is 2.38 bits per heavy atom. The second kappa shape index (κ2) is 7.22. The van der Waals surface area contributed by atoms with Crippen LogP contribution in [0.15, 0.2) is 0 Å². The van der Waals surface area contributed by atoms with E-state index in [4.69, 9.17) is 0 Å². The number of hydrogen-bond donors (Lipinski definition) is 1. The number of carbonyl (C=O) groups is 2. The normalized spacial score (nSPS) is 14.1. The van der Waals surface area contributed by atoms with Crippen molar-refractivity contribution in [3.05, 3.63) is 0 Å². The molecule has 1 amide bonds. The third-order valence-electron chi connectivity index (χ3n) is 2.80. The molecule has 0 aromatic carbocycles. The summed E-state index contributed by atoms with van der Waals surface area (Å²) in [7, 11) is 3.11. The molecule has 5 heteroatoms. The smallest absolute Gasteiger partial charge is 0.309 e. The number of esters is 1. The number of amides is 1. The minimum Gasteiger partial charge on any atom is -0.469 e. The van der Waals surface area contributed by atoms with Crippen LogP contribution in [0.3, 0.4) is 0 Å². The minimum atomic E-state index is -0.267. The number of ether oxygens (including phenoxy) is 1. The molecule has 0 rings (SSSR count). The second-order valence-corrected chi connectivity index (χ2v) is 3.89. The monoisotopic (exact) mass is 230 g/mol. The van der Waals surface area contributed by atoms with E-state index >= 15 is 0 Å². The van der Waals surface area contributed by atoms with Gasteiger partial charge in [-0.15, -0.1) is 0 Å². The third-order valence-corrected chi connectivity index (χ3v) is 2.80. The van der Waals surface area contributed by atoms with Crippen molar-refractivity contribution in [1.82, 2.24) is 10.2 Å². The van der Waals surface area contributed by atoms with Gasteiger partial charge in [0.1, 0.15) is 0 Å². The molecule has 0 aromatic heterocycles. The van der Waals surface area contributed by atoms with Gasteiger partial charge in [-0.05, 0) is 13.8 Å². The van der Waals surface area contributed by atoms with Gasteiger partial charge in [0, 0.05) is 19.6 Å². The molecule has 5 nitrogen and oxygen atoms in total. The summed E-state index contributed by atoms with van der Waals surface area (Å²) in [5, 5.41) is 3.02. The molecule has 1 N–H and O–H groups in total. The summed E-state index contributed by atoms with van der Waals surface area (Å²) in [5.41, 5.74) is 0. The second-order valence-electron chi connectivity index (χ2n) is 3.89. The summed E-state index contributed by atoms with van der Waals surface area (Å²) in [4.78, 5) is 24.3. The molecule has 0 saturated heterocycles. The zero-order valence-corrected chi connectivity index (χ0v) is 10.7. The fourth-order valence-corrected chi connectivity index (χ4v) is 1.13. The van der Waals surface area contributed by atoms with E-state index in [-0.39, 0.29) is 30.4 Å². The van der Waals surface area contributed by atoms with Crippen LogP contribution in [0, 0.1) is 5.92 Å². The Labute approximate surface area is 97.1 Å². The number of carbonyl (C=O) groups excluding carboxylic acids is 2. The maximum absolute atomic E-state index is 11.5. The fraction of sp³-hybridized carbons (Fsp3) is 0.818. The molecule has 0 saturated carbocycles. The molecule has 0 bridgehead atoms. The number of nitrogens with zero attached hydrogens (tertiary/aromatic N) is 1. The lowest BCUT2D eigenvalue weighted by atomic mass is 10.0. The van der Waals surface area contributed by atoms with Gasteiger partial charge in [-0.25, -0.2) is 0 Å². The molecule has 2 atom stereocenters. The summed E-state index contributed by atoms with van der Waals surface area (Å²) in [6.07, 6.45) is 0. The van der Waals surface area contributed by atoms with Crippen molar-refractivity contribution in [2.24, 2.45) is 5.92 Å². The molecule has 0 aliphatic carbocycles. The summed E-state index contributed by atoms with van der Waals surface area (Å²) >= 11 is 0. The van der Waals surface area contributed by atoms with Gasteiger partial charge in [-0.3, -0.25) is 9.59 Å². The molecular weight excluding hydrogens is 208 g/mol. The first-order valence-electron chi connectivity index (χ1n) is 5.49. The van der Waals surface area contributed by atoms with Crippen LogP contribution in [-0.4, -0.2) is 50.1 Å². The van der Waals surface area contributed by atoms with E-state index in [2.05, 4.69) is 10.1 Å². The van der Waals surface area contributed by atoms with Gasteiger partial charge in [-0.2, -0.15) is 0 Å². The summed E-state index contributed by atoms with van der Waals surface area (Å²) in [5.74, 6) is -0.507. The first kappa shape index (κ1) is 14.9. The van der Waals surface area contributed by atoms with Gasteiger partial charge in [0.2, 0.25) is 5.91 Å². The van der Waals surface area contributed by atoms with E-state index < -0.39 is 0 Å². The standard InChI is InChI=1S/C11H22N2O3/c1-6-13(4)10(14)7-12-9(3)8(2)11(15)16-5/h8-9,12H,6-7H2,1-5H3. The van der Waals surface area contributed by atoms with E-state index in [1.807, 2.05) is 13.8 Å². The van der Waals surface area contributed by atoms with E-state index in [0.717, 1.165) is 0 Å². The lowest BCUT2D eigenvalue weighted by Gasteiger charge is -2.21. The zero-order valence-electron chi connectivity index (χ0n) is 10.7. The summed E-state index contributed by atoms with van der Waals surface area (Å²) < 4.78 is 4.63. The van der Waals surface area contributed by atoms with Gasteiger partial charge >= 0.3 is 5.97 Å². The van der Waals surface area contributed by atoms with Crippen LogP contribution < -0.4 is 5.32 Å². The van der Waals surface area contributed by atoms with Crippen LogP contribution in [0.1, 0.15) is 20.8 Å². The van der Waals surface area contributed by atoms with Crippen LogP contribution >= 0.6 is 0 Å². The highest BCUT2D eigenvalue weighted by molar-refractivity contribution is 5.78. The van der Waals surface area contributed by atoms with Crippen molar-refractivity contribution in [3.8, 4) is 0 Å². The van der Waals surface area contributed by atoms with Crippen LogP contribution in [0.25, 0.3) is 0 Å². The van der Waals surface area contributed by atoms with Gasteiger partial charge in [0.15, 0.2) is 0 Å². The summed E-state index contributed by atoms with van der Waals surface area (Å²) in [6, 6.07) is -0.0818. The Morgan fingerprint density at radius 2 is 1.94 bits per heavy atom. The number of methoxy groups -OCH3 is 1. The van der Waals surface area contributed by atoms with Crippen molar-refractivity contribution in [3.63, 3.8) is 0 Å². The molecular formula is C11H22N2O3. The van der Waals surface area contributed by atoms with Gasteiger partial charge < -0.3 is 15.0 Å². The lowest BCUT2D eigenvalue weighted by molar-refractivity contribution is -0.146. The molecule has 16 heavy (non-hydrogen) atoms. The Bertz CT molecular complexity index is 243. The van der Waals surface area contributed by atoms with Crippen molar-refractivity contribution < 1.29 is 14.3 Å². The zero-order chi connectivity index (χ0) is 12.7. The SMILES string of the molecule is CCN(C)C(=O)CNC(C)C(C)C(=O)OC. The molecule has 0 aromatic rings. The van der Waals surface area contributed by atoms with Crippen LogP contribution in [-0.2, 0) is 14.3 Å². The molecule has 94 valence electrons. The van der Waals surface area contributed by atoms with Crippen LogP contribution in [0.2, 0.25) is 0 Å². The molecule has 0 radical (unpaired) electrons. The first-order chi connectivity index (χ1) is 7.43. The molecule has 0 spiro atoms. The molecule has 0 fully saturated rings.